The SMILES string of the molecule is c1ccc2c(c1)oc1c(-c3ccc4ccncc4n3)nccc12. The quantitative estimate of drug-likeness (QED) is 0.454. The van der Waals surface area contributed by atoms with Gasteiger partial charge in [-0.15, -0.1) is 0 Å². The van der Waals surface area contributed by atoms with Gasteiger partial charge in [0, 0.05) is 28.6 Å². The van der Waals surface area contributed by atoms with Crippen LogP contribution in [0.25, 0.3) is 44.2 Å². The fourth-order valence-electron chi connectivity index (χ4n) is 2.93. The highest BCUT2D eigenvalue weighted by atomic mass is 16.3. The Bertz CT molecular complexity index is 1180. The minimum atomic E-state index is 0.754. The Morgan fingerprint density at radius 1 is 0.826 bits per heavy atom. The highest BCUT2D eigenvalue weighted by Crippen LogP contribution is 2.33. The molecule has 108 valence electrons. The Balaban J connectivity index is 1.84. The molecular formula is C19H11N3O. The Morgan fingerprint density at radius 2 is 1.78 bits per heavy atom. The van der Waals surface area contributed by atoms with E-state index in [9.17, 15) is 0 Å². The largest absolute Gasteiger partial charge is 0.454 e. The predicted octanol–water partition coefficient (Wildman–Crippen LogP) is 4.59. The molecular weight excluding hydrogens is 286 g/mol. The molecule has 1 aromatic carbocycles. The fraction of sp³-hybridized carbons (Fsp3) is 0. The topological polar surface area (TPSA) is 51.8 Å². The molecule has 0 aliphatic heterocycles. The van der Waals surface area contributed by atoms with Crippen LogP contribution in [0.4, 0.5) is 0 Å². The van der Waals surface area contributed by atoms with Gasteiger partial charge in [0.05, 0.1) is 17.4 Å². The lowest BCUT2D eigenvalue weighted by atomic mass is 10.1. The van der Waals surface area contributed by atoms with Crippen molar-refractivity contribution in [2.75, 3.05) is 0 Å². The first-order valence-electron chi connectivity index (χ1n) is 7.37. The lowest BCUT2D eigenvalue weighted by Crippen LogP contribution is -1.89. The Hall–Kier alpha value is -3.27. The predicted molar refractivity (Wildman–Crippen MR) is 90.0 cm³/mol. The second-order valence-corrected chi connectivity index (χ2v) is 5.40. The monoisotopic (exact) mass is 297 g/mol. The van der Waals surface area contributed by atoms with Crippen LogP contribution in [-0.4, -0.2) is 15.0 Å². The zero-order valence-electron chi connectivity index (χ0n) is 12.1. The number of furan rings is 1. The first kappa shape index (κ1) is 12.3. The normalized spacial score (nSPS) is 11.5. The van der Waals surface area contributed by atoms with Crippen LogP contribution in [0.5, 0.6) is 0 Å². The molecule has 0 saturated carbocycles. The third-order valence-electron chi connectivity index (χ3n) is 4.03. The Labute approximate surface area is 131 Å². The highest BCUT2D eigenvalue weighted by Gasteiger charge is 2.14. The molecule has 4 heterocycles. The molecule has 0 atom stereocenters. The maximum absolute atomic E-state index is 6.03. The maximum atomic E-state index is 6.03. The van der Waals surface area contributed by atoms with Crippen molar-refractivity contribution in [2.24, 2.45) is 0 Å². The summed E-state index contributed by atoms with van der Waals surface area (Å²) >= 11 is 0. The first-order chi connectivity index (χ1) is 11.4. The van der Waals surface area contributed by atoms with Gasteiger partial charge in [-0.2, -0.15) is 0 Å². The molecule has 5 rings (SSSR count). The fourth-order valence-corrected chi connectivity index (χ4v) is 2.93. The van der Waals surface area contributed by atoms with E-state index in [4.69, 9.17) is 4.42 Å². The molecule has 0 N–H and O–H groups in total. The van der Waals surface area contributed by atoms with Crippen molar-refractivity contribution in [3.8, 4) is 11.4 Å². The zero-order valence-corrected chi connectivity index (χ0v) is 12.1. The van der Waals surface area contributed by atoms with Crippen molar-refractivity contribution in [3.05, 3.63) is 67.1 Å². The highest BCUT2D eigenvalue weighted by molar-refractivity contribution is 6.08. The number of rotatable bonds is 1. The van der Waals surface area contributed by atoms with Crippen molar-refractivity contribution < 1.29 is 4.42 Å². The van der Waals surface area contributed by atoms with Crippen molar-refractivity contribution in [2.45, 2.75) is 0 Å². The summed E-state index contributed by atoms with van der Waals surface area (Å²) in [6.45, 7) is 0. The molecule has 4 aromatic heterocycles. The number of hydrogen-bond donors (Lipinski definition) is 0. The van der Waals surface area contributed by atoms with Crippen LogP contribution in [0.1, 0.15) is 0 Å². The van der Waals surface area contributed by atoms with Gasteiger partial charge in [0.15, 0.2) is 5.58 Å². The third kappa shape index (κ3) is 1.82. The molecule has 0 radical (unpaired) electrons. The summed E-state index contributed by atoms with van der Waals surface area (Å²) in [6, 6.07) is 15.9. The maximum Gasteiger partial charge on any atom is 0.163 e. The van der Waals surface area contributed by atoms with Crippen molar-refractivity contribution in [1.29, 1.82) is 0 Å². The van der Waals surface area contributed by atoms with Gasteiger partial charge in [-0.1, -0.05) is 24.3 Å². The molecule has 0 unspecified atom stereocenters. The first-order valence-corrected chi connectivity index (χ1v) is 7.37. The summed E-state index contributed by atoms with van der Waals surface area (Å²) in [7, 11) is 0. The van der Waals surface area contributed by atoms with E-state index in [1.165, 1.54) is 0 Å². The minimum Gasteiger partial charge on any atom is -0.454 e. The molecule has 4 nitrogen and oxygen atoms in total. The van der Waals surface area contributed by atoms with Crippen LogP contribution in [0.3, 0.4) is 0 Å². The summed E-state index contributed by atoms with van der Waals surface area (Å²) in [5, 5.41) is 3.20. The summed E-state index contributed by atoms with van der Waals surface area (Å²) in [5.41, 5.74) is 4.02. The van der Waals surface area contributed by atoms with Crippen LogP contribution in [0, 0.1) is 0 Å². The molecule has 5 aromatic rings. The van der Waals surface area contributed by atoms with E-state index in [0.717, 1.165) is 44.2 Å². The van der Waals surface area contributed by atoms with Crippen LogP contribution in [0.2, 0.25) is 0 Å². The van der Waals surface area contributed by atoms with Gasteiger partial charge in [0.2, 0.25) is 0 Å². The van der Waals surface area contributed by atoms with Crippen LogP contribution < -0.4 is 0 Å². The van der Waals surface area contributed by atoms with Gasteiger partial charge in [0.25, 0.3) is 0 Å². The summed E-state index contributed by atoms with van der Waals surface area (Å²) in [6.07, 6.45) is 5.33. The zero-order chi connectivity index (χ0) is 15.2. The average molecular weight is 297 g/mol. The molecule has 0 spiro atoms. The van der Waals surface area contributed by atoms with Crippen molar-refractivity contribution in [3.63, 3.8) is 0 Å². The van der Waals surface area contributed by atoms with Gasteiger partial charge in [-0.25, -0.2) is 4.98 Å². The number of benzene rings is 1. The molecule has 0 aliphatic rings. The second kappa shape index (κ2) is 4.61. The number of nitrogens with zero attached hydrogens (tertiary/aromatic N) is 3. The summed E-state index contributed by atoms with van der Waals surface area (Å²) < 4.78 is 6.03. The van der Waals surface area contributed by atoms with Crippen molar-refractivity contribution in [1.82, 2.24) is 15.0 Å². The van der Waals surface area contributed by atoms with E-state index < -0.39 is 0 Å². The Morgan fingerprint density at radius 3 is 2.78 bits per heavy atom. The van der Waals surface area contributed by atoms with E-state index in [2.05, 4.69) is 21.0 Å². The second-order valence-electron chi connectivity index (χ2n) is 5.40. The van der Waals surface area contributed by atoms with E-state index in [0.29, 0.717) is 0 Å². The minimum absolute atomic E-state index is 0.754. The molecule has 0 fully saturated rings. The van der Waals surface area contributed by atoms with Gasteiger partial charge in [0.1, 0.15) is 11.3 Å². The molecule has 23 heavy (non-hydrogen) atoms. The Kier molecular flexibility index (Phi) is 2.46. The molecule has 0 amide bonds. The number of fused-ring (bicyclic) bond motifs is 4. The molecule has 0 bridgehead atoms. The van der Waals surface area contributed by atoms with Crippen LogP contribution in [0.15, 0.2) is 71.5 Å². The van der Waals surface area contributed by atoms with Gasteiger partial charge < -0.3 is 4.42 Å². The van der Waals surface area contributed by atoms with Gasteiger partial charge in [-0.05, 0) is 24.3 Å². The molecule has 0 saturated heterocycles. The standard InChI is InChI=1S/C19H11N3O/c1-2-4-17-13(3-1)14-8-10-21-18(19(14)23-17)15-6-5-12-7-9-20-11-16(12)22-15/h1-11H. The number of aromatic nitrogens is 3. The third-order valence-corrected chi connectivity index (χ3v) is 4.03. The summed E-state index contributed by atoms with van der Waals surface area (Å²) in [5.74, 6) is 0. The average Bonchev–Trinajstić information content (AvgIpc) is 3.00. The van der Waals surface area contributed by atoms with Crippen molar-refractivity contribution >= 4 is 32.8 Å². The lowest BCUT2D eigenvalue weighted by Gasteiger charge is -2.02. The van der Waals surface area contributed by atoms with E-state index in [1.807, 2.05) is 42.5 Å². The summed E-state index contributed by atoms with van der Waals surface area (Å²) in [4.78, 5) is 13.3. The van der Waals surface area contributed by atoms with E-state index >= 15 is 0 Å². The number of para-hydroxylation sites is 1. The smallest absolute Gasteiger partial charge is 0.163 e. The van der Waals surface area contributed by atoms with E-state index in [-0.39, 0.29) is 0 Å². The van der Waals surface area contributed by atoms with Crippen LogP contribution in [-0.2, 0) is 0 Å². The van der Waals surface area contributed by atoms with Gasteiger partial charge in [-0.3, -0.25) is 9.97 Å². The lowest BCUT2D eigenvalue weighted by molar-refractivity contribution is 0.668. The molecule has 4 heteroatoms. The molecule has 0 aliphatic carbocycles. The van der Waals surface area contributed by atoms with E-state index in [1.54, 1.807) is 18.6 Å². The van der Waals surface area contributed by atoms with Gasteiger partial charge >= 0.3 is 0 Å². The number of pyridine rings is 3. The number of hydrogen-bond acceptors (Lipinski definition) is 4. The van der Waals surface area contributed by atoms with Crippen LogP contribution >= 0.6 is 0 Å².